The quantitative estimate of drug-likeness (QED) is 0.710. The summed E-state index contributed by atoms with van der Waals surface area (Å²) in [5.74, 6) is 1.71. The lowest BCUT2D eigenvalue weighted by molar-refractivity contribution is -0.140. The number of carbonyl (C=O) groups is 2. The van der Waals surface area contributed by atoms with Gasteiger partial charge in [0.1, 0.15) is 6.04 Å². The highest BCUT2D eigenvalue weighted by molar-refractivity contribution is 7.99. The van der Waals surface area contributed by atoms with Gasteiger partial charge in [0.05, 0.1) is 0 Å². The molecule has 0 unspecified atom stereocenters. The summed E-state index contributed by atoms with van der Waals surface area (Å²) in [6.07, 6.45) is 2.25. The highest BCUT2D eigenvalue weighted by Crippen LogP contribution is 2.21. The minimum absolute atomic E-state index is 0.126. The average Bonchev–Trinajstić information content (AvgIpc) is 2.34. The number of hydrogen-bond donors (Lipinski definition) is 3. The number of carboxylic acid groups (broad SMARTS) is 1. The van der Waals surface area contributed by atoms with Gasteiger partial charge >= 0.3 is 12.0 Å². The molecule has 0 spiro atoms. The van der Waals surface area contributed by atoms with E-state index in [1.165, 1.54) is 0 Å². The van der Waals surface area contributed by atoms with Crippen molar-refractivity contribution < 1.29 is 14.7 Å². The van der Waals surface area contributed by atoms with Gasteiger partial charge in [-0.1, -0.05) is 13.8 Å². The molecule has 1 atom stereocenters. The third-order valence-electron chi connectivity index (χ3n) is 3.11. The summed E-state index contributed by atoms with van der Waals surface area (Å²) < 4.78 is 0. The molecule has 1 aliphatic rings. The van der Waals surface area contributed by atoms with Crippen LogP contribution in [0.1, 0.15) is 26.7 Å². The van der Waals surface area contributed by atoms with Gasteiger partial charge in [-0.25, -0.2) is 9.59 Å². The van der Waals surface area contributed by atoms with Gasteiger partial charge in [0.2, 0.25) is 0 Å². The number of hydrogen-bond acceptors (Lipinski definition) is 3. The van der Waals surface area contributed by atoms with Crippen molar-refractivity contribution in [1.29, 1.82) is 0 Å². The van der Waals surface area contributed by atoms with Crippen molar-refractivity contribution in [2.45, 2.75) is 32.7 Å². The second-order valence-electron chi connectivity index (χ2n) is 4.97. The summed E-state index contributed by atoms with van der Waals surface area (Å²) in [6, 6.07) is -1.21. The summed E-state index contributed by atoms with van der Waals surface area (Å²) in [6.45, 7) is 4.19. The third kappa shape index (κ3) is 5.16. The molecule has 6 heteroatoms. The minimum atomic E-state index is -0.991. The Hall–Kier alpha value is -0.910. The molecule has 1 heterocycles. The molecule has 0 aromatic carbocycles. The third-order valence-corrected chi connectivity index (χ3v) is 4.16. The number of aliphatic carboxylic acids is 1. The molecule has 0 bridgehead atoms. The monoisotopic (exact) mass is 274 g/mol. The highest BCUT2D eigenvalue weighted by Gasteiger charge is 2.23. The Labute approximate surface area is 112 Å². The van der Waals surface area contributed by atoms with Crippen LogP contribution < -0.4 is 10.6 Å². The first kappa shape index (κ1) is 15.1. The number of nitrogens with one attached hydrogen (secondary N) is 2. The lowest BCUT2D eigenvalue weighted by atomic mass is 10.0. The zero-order chi connectivity index (χ0) is 13.5. The number of rotatable bonds is 5. The predicted octanol–water partition coefficient (Wildman–Crippen LogP) is 1.54. The van der Waals surface area contributed by atoms with E-state index < -0.39 is 12.0 Å². The van der Waals surface area contributed by atoms with Crippen LogP contribution in [0.5, 0.6) is 0 Å². The fourth-order valence-corrected chi connectivity index (χ4v) is 3.10. The summed E-state index contributed by atoms with van der Waals surface area (Å²) in [5.41, 5.74) is 0. The zero-order valence-electron chi connectivity index (χ0n) is 10.9. The molecule has 1 rings (SSSR count). The topological polar surface area (TPSA) is 78.4 Å². The Morgan fingerprint density at radius 1 is 1.33 bits per heavy atom. The molecule has 104 valence electrons. The van der Waals surface area contributed by atoms with E-state index in [1.54, 1.807) is 13.8 Å². The lowest BCUT2D eigenvalue weighted by Gasteiger charge is -2.23. The van der Waals surface area contributed by atoms with Gasteiger partial charge in [0.25, 0.3) is 0 Å². The van der Waals surface area contributed by atoms with E-state index in [-0.39, 0.29) is 11.9 Å². The second-order valence-corrected chi connectivity index (χ2v) is 6.19. The molecule has 18 heavy (non-hydrogen) atoms. The van der Waals surface area contributed by atoms with E-state index in [2.05, 4.69) is 10.6 Å². The van der Waals surface area contributed by atoms with Crippen molar-refractivity contribution in [3.8, 4) is 0 Å². The van der Waals surface area contributed by atoms with Gasteiger partial charge in [-0.2, -0.15) is 11.8 Å². The van der Waals surface area contributed by atoms with Crippen LogP contribution >= 0.6 is 11.8 Å². The minimum Gasteiger partial charge on any atom is -0.480 e. The molecule has 0 aromatic rings. The van der Waals surface area contributed by atoms with Crippen LogP contribution in [0.2, 0.25) is 0 Å². The van der Waals surface area contributed by atoms with E-state index in [0.29, 0.717) is 12.5 Å². The Morgan fingerprint density at radius 3 is 2.44 bits per heavy atom. The molecule has 0 aromatic heterocycles. The first-order chi connectivity index (χ1) is 8.50. The van der Waals surface area contributed by atoms with Gasteiger partial charge in [-0.3, -0.25) is 0 Å². The van der Waals surface area contributed by atoms with Crippen molar-refractivity contribution in [1.82, 2.24) is 10.6 Å². The van der Waals surface area contributed by atoms with Crippen LogP contribution in [0.3, 0.4) is 0 Å². The Bertz CT molecular complexity index is 291. The number of urea groups is 1. The van der Waals surface area contributed by atoms with E-state index >= 15 is 0 Å². The SMILES string of the molecule is CC(C)[C@@H](NC(=O)NCC1CCSCC1)C(=O)O. The zero-order valence-corrected chi connectivity index (χ0v) is 11.8. The number of carbonyl (C=O) groups excluding carboxylic acids is 1. The van der Waals surface area contributed by atoms with Crippen molar-refractivity contribution in [3.63, 3.8) is 0 Å². The van der Waals surface area contributed by atoms with Gasteiger partial charge in [0, 0.05) is 6.54 Å². The van der Waals surface area contributed by atoms with Crippen molar-refractivity contribution in [3.05, 3.63) is 0 Å². The second kappa shape index (κ2) is 7.51. The van der Waals surface area contributed by atoms with Gasteiger partial charge in [-0.05, 0) is 36.2 Å². The van der Waals surface area contributed by atoms with Crippen LogP contribution in [-0.4, -0.2) is 41.2 Å². The van der Waals surface area contributed by atoms with E-state index in [9.17, 15) is 9.59 Å². The lowest BCUT2D eigenvalue weighted by Crippen LogP contribution is -2.49. The van der Waals surface area contributed by atoms with Crippen LogP contribution in [0.25, 0.3) is 0 Å². The smallest absolute Gasteiger partial charge is 0.326 e. The predicted molar refractivity (Wildman–Crippen MR) is 72.8 cm³/mol. The molecule has 1 aliphatic heterocycles. The van der Waals surface area contributed by atoms with Gasteiger partial charge in [0.15, 0.2) is 0 Å². The fraction of sp³-hybridized carbons (Fsp3) is 0.833. The molecule has 1 saturated heterocycles. The first-order valence-electron chi connectivity index (χ1n) is 6.35. The summed E-state index contributed by atoms with van der Waals surface area (Å²) >= 11 is 1.95. The molecule has 0 radical (unpaired) electrons. The van der Waals surface area contributed by atoms with Gasteiger partial charge < -0.3 is 15.7 Å². The first-order valence-corrected chi connectivity index (χ1v) is 7.51. The largest absolute Gasteiger partial charge is 0.480 e. The number of thioether (sulfide) groups is 1. The Balaban J connectivity index is 2.29. The summed E-state index contributed by atoms with van der Waals surface area (Å²) in [4.78, 5) is 22.6. The average molecular weight is 274 g/mol. The maximum absolute atomic E-state index is 11.6. The highest BCUT2D eigenvalue weighted by atomic mass is 32.2. The molecule has 1 fully saturated rings. The van der Waals surface area contributed by atoms with Crippen molar-refractivity contribution in [2.75, 3.05) is 18.1 Å². The molecule has 3 N–H and O–H groups in total. The van der Waals surface area contributed by atoms with E-state index in [1.807, 2.05) is 11.8 Å². The standard InChI is InChI=1S/C12H22N2O3S/c1-8(2)10(11(15)16)14-12(17)13-7-9-3-5-18-6-4-9/h8-10H,3-7H2,1-2H3,(H,15,16)(H2,13,14,17)/t10-/m1/s1. The summed E-state index contributed by atoms with van der Waals surface area (Å²) in [5, 5.41) is 14.2. The maximum Gasteiger partial charge on any atom is 0.326 e. The molecule has 5 nitrogen and oxygen atoms in total. The normalized spacial score (nSPS) is 18.4. The molecular formula is C12H22N2O3S. The van der Waals surface area contributed by atoms with Crippen LogP contribution in [0.4, 0.5) is 4.79 Å². The Morgan fingerprint density at radius 2 is 1.94 bits per heavy atom. The van der Waals surface area contributed by atoms with Crippen molar-refractivity contribution in [2.24, 2.45) is 11.8 Å². The summed E-state index contributed by atoms with van der Waals surface area (Å²) in [7, 11) is 0. The Kier molecular flexibility index (Phi) is 6.32. The fourth-order valence-electron chi connectivity index (χ4n) is 1.89. The van der Waals surface area contributed by atoms with Gasteiger partial charge in [-0.15, -0.1) is 0 Å². The van der Waals surface area contributed by atoms with Crippen LogP contribution in [0.15, 0.2) is 0 Å². The molecular weight excluding hydrogens is 252 g/mol. The number of amides is 2. The maximum atomic E-state index is 11.6. The van der Waals surface area contributed by atoms with E-state index in [4.69, 9.17) is 5.11 Å². The number of carboxylic acids is 1. The molecule has 2 amide bonds. The molecule has 0 aliphatic carbocycles. The van der Waals surface area contributed by atoms with E-state index in [0.717, 1.165) is 24.3 Å². The van der Waals surface area contributed by atoms with Crippen LogP contribution in [0, 0.1) is 11.8 Å². The van der Waals surface area contributed by atoms with Crippen molar-refractivity contribution >= 4 is 23.8 Å². The molecule has 0 saturated carbocycles. The van der Waals surface area contributed by atoms with Crippen LogP contribution in [-0.2, 0) is 4.79 Å².